The summed E-state index contributed by atoms with van der Waals surface area (Å²) in [6.07, 6.45) is 0.567. The molecule has 0 bridgehead atoms. The van der Waals surface area contributed by atoms with E-state index in [0.717, 1.165) is 6.26 Å². The molecule has 0 spiro atoms. The lowest BCUT2D eigenvalue weighted by molar-refractivity contribution is -0.138. The molecule has 0 fully saturated rings. The minimum Gasteiger partial charge on any atom is -0.425 e. The molecule has 0 saturated heterocycles. The van der Waals surface area contributed by atoms with Gasteiger partial charge in [-0.3, -0.25) is 14.5 Å². The van der Waals surface area contributed by atoms with Gasteiger partial charge in [-0.15, -0.1) is 0 Å². The lowest BCUT2D eigenvalue weighted by atomic mass is 10.1. The molecule has 9 nitrogen and oxygen atoms in total. The largest absolute Gasteiger partial charge is 0.425 e. The Morgan fingerprint density at radius 1 is 1.03 bits per heavy atom. The fraction of sp³-hybridized carbons (Fsp3) is 0.217. The van der Waals surface area contributed by atoms with Crippen LogP contribution >= 0.6 is 23.2 Å². The fourth-order valence-electron chi connectivity index (χ4n) is 3.77. The van der Waals surface area contributed by atoms with Crippen LogP contribution in [0, 0.1) is 6.92 Å². The maximum absolute atomic E-state index is 13.2. The van der Waals surface area contributed by atoms with Crippen LogP contribution in [0.5, 0.6) is 5.75 Å². The Bertz CT molecular complexity index is 1540. The fourth-order valence-corrected chi connectivity index (χ4v) is 4.75. The summed E-state index contributed by atoms with van der Waals surface area (Å²) in [5, 5.41) is 0.695. The van der Waals surface area contributed by atoms with Gasteiger partial charge >= 0.3 is 11.6 Å². The van der Waals surface area contributed by atoms with E-state index in [9.17, 15) is 27.6 Å². The van der Waals surface area contributed by atoms with Gasteiger partial charge < -0.3 is 9.15 Å². The number of aryl methyl sites for hydroxylation is 1. The Balaban J connectivity index is 1.69. The molecule has 0 N–H and O–H groups in total. The topological polar surface area (TPSA) is 128 Å². The average Bonchev–Trinajstić information content (AvgIpc) is 2.97. The number of carbonyl (C=O) groups excluding carboxylic acids is 3. The number of halogens is 2. The van der Waals surface area contributed by atoms with Gasteiger partial charge in [0.15, 0.2) is 0 Å². The van der Waals surface area contributed by atoms with E-state index >= 15 is 0 Å². The molecular formula is C23H17Cl2NO8S. The molecule has 0 unspecified atom stereocenters. The van der Waals surface area contributed by atoms with E-state index in [1.54, 1.807) is 13.0 Å². The third kappa shape index (κ3) is 4.95. The van der Waals surface area contributed by atoms with E-state index in [1.807, 2.05) is 0 Å². The second kappa shape index (κ2) is 9.10. The van der Waals surface area contributed by atoms with Gasteiger partial charge in [0.25, 0.3) is 11.8 Å². The van der Waals surface area contributed by atoms with Crippen molar-refractivity contribution in [2.75, 3.05) is 12.0 Å². The van der Waals surface area contributed by atoms with Crippen LogP contribution in [0.1, 0.15) is 32.7 Å². The molecule has 2 amide bonds. The molecule has 0 saturated carbocycles. The number of sulfone groups is 1. The van der Waals surface area contributed by atoms with Gasteiger partial charge in [-0.2, -0.15) is 0 Å². The third-order valence-corrected chi connectivity index (χ3v) is 7.15. The zero-order chi connectivity index (χ0) is 25.7. The summed E-state index contributed by atoms with van der Waals surface area (Å²) in [5.41, 5.74) is 0.100. The zero-order valence-electron chi connectivity index (χ0n) is 18.3. The van der Waals surface area contributed by atoms with Crippen molar-refractivity contribution in [1.29, 1.82) is 0 Å². The Labute approximate surface area is 209 Å². The maximum atomic E-state index is 13.2. The number of imide groups is 1. The summed E-state index contributed by atoms with van der Waals surface area (Å²) in [6.45, 7) is 1.72. The van der Waals surface area contributed by atoms with Crippen molar-refractivity contribution in [3.05, 3.63) is 73.6 Å². The molecule has 12 heteroatoms. The van der Waals surface area contributed by atoms with Gasteiger partial charge in [-0.1, -0.05) is 23.2 Å². The van der Waals surface area contributed by atoms with Crippen molar-refractivity contribution >= 4 is 61.8 Å². The van der Waals surface area contributed by atoms with Crippen molar-refractivity contribution in [3.63, 3.8) is 0 Å². The number of nitrogens with zero attached hydrogens (tertiary/aromatic N) is 1. The Kier molecular flexibility index (Phi) is 6.48. The van der Waals surface area contributed by atoms with Crippen LogP contribution in [0.25, 0.3) is 11.0 Å². The average molecular weight is 538 g/mol. The lowest BCUT2D eigenvalue weighted by Gasteiger charge is -2.24. The first kappa shape index (κ1) is 24.9. The van der Waals surface area contributed by atoms with Gasteiger partial charge in [-0.25, -0.2) is 18.0 Å². The standard InChI is InChI=1S/C23H17Cl2NO8S/c1-11-7-20(27)34-19-8-12(3-4-13(11)19)33-23(30)18(5-6-35(2,31)32)26-21(28)14-9-16(24)17(25)10-15(14)22(26)29/h3-4,7-10,18H,5-6H2,1-2H3/t18-/m0/s1. The molecule has 0 aliphatic carbocycles. The molecule has 1 aliphatic heterocycles. The van der Waals surface area contributed by atoms with Crippen LogP contribution in [0.4, 0.5) is 0 Å². The first-order valence-electron chi connectivity index (χ1n) is 10.2. The van der Waals surface area contributed by atoms with Crippen LogP contribution in [0.15, 0.2) is 45.6 Å². The number of carbonyl (C=O) groups is 3. The highest BCUT2D eigenvalue weighted by Gasteiger charge is 2.44. The summed E-state index contributed by atoms with van der Waals surface area (Å²) < 4.78 is 34.1. The number of benzene rings is 2. The predicted octanol–water partition coefficient (Wildman–Crippen LogP) is 3.41. The summed E-state index contributed by atoms with van der Waals surface area (Å²) in [6, 6.07) is 6.52. The predicted molar refractivity (Wildman–Crippen MR) is 128 cm³/mol. The van der Waals surface area contributed by atoms with E-state index in [0.29, 0.717) is 15.8 Å². The number of fused-ring (bicyclic) bond motifs is 2. The van der Waals surface area contributed by atoms with Gasteiger partial charge in [0.1, 0.15) is 27.2 Å². The van der Waals surface area contributed by atoms with Crippen LogP contribution in [0.2, 0.25) is 10.0 Å². The van der Waals surface area contributed by atoms with E-state index < -0.39 is 51.5 Å². The number of hydrogen-bond acceptors (Lipinski definition) is 8. The summed E-state index contributed by atoms with van der Waals surface area (Å²) in [4.78, 5) is 51.6. The van der Waals surface area contributed by atoms with Crippen LogP contribution < -0.4 is 10.4 Å². The molecule has 2 aromatic carbocycles. The minimum absolute atomic E-state index is 0.0247. The lowest BCUT2D eigenvalue weighted by Crippen LogP contribution is -2.47. The van der Waals surface area contributed by atoms with Gasteiger partial charge in [0.2, 0.25) is 0 Å². The van der Waals surface area contributed by atoms with Crippen LogP contribution in [0.3, 0.4) is 0 Å². The Morgan fingerprint density at radius 3 is 2.20 bits per heavy atom. The summed E-state index contributed by atoms with van der Waals surface area (Å²) >= 11 is 12.0. The monoisotopic (exact) mass is 537 g/mol. The highest BCUT2D eigenvalue weighted by Crippen LogP contribution is 2.33. The Hall–Kier alpha value is -3.21. The molecule has 1 aliphatic rings. The molecule has 3 aromatic rings. The van der Waals surface area contributed by atoms with Crippen molar-refractivity contribution in [2.24, 2.45) is 0 Å². The van der Waals surface area contributed by atoms with E-state index in [-0.39, 0.29) is 32.5 Å². The smallest absolute Gasteiger partial charge is 0.336 e. The Morgan fingerprint density at radius 2 is 1.63 bits per heavy atom. The molecular weight excluding hydrogens is 521 g/mol. The molecule has 35 heavy (non-hydrogen) atoms. The number of hydrogen-bond donors (Lipinski definition) is 0. The van der Waals surface area contributed by atoms with E-state index in [2.05, 4.69) is 0 Å². The zero-order valence-corrected chi connectivity index (χ0v) is 20.7. The van der Waals surface area contributed by atoms with Crippen LogP contribution in [-0.4, -0.2) is 49.2 Å². The van der Waals surface area contributed by atoms with E-state index in [4.69, 9.17) is 32.4 Å². The van der Waals surface area contributed by atoms with Gasteiger partial charge in [0, 0.05) is 23.8 Å². The molecule has 1 atom stereocenters. The number of esters is 1. The van der Waals surface area contributed by atoms with Gasteiger partial charge in [-0.05, 0) is 43.2 Å². The quantitative estimate of drug-likeness (QED) is 0.202. The highest BCUT2D eigenvalue weighted by molar-refractivity contribution is 7.90. The minimum atomic E-state index is -3.56. The first-order chi connectivity index (χ1) is 16.4. The van der Waals surface area contributed by atoms with Crippen LogP contribution in [-0.2, 0) is 14.6 Å². The first-order valence-corrected chi connectivity index (χ1v) is 13.0. The normalized spacial score (nSPS) is 14.3. The second-order valence-electron chi connectivity index (χ2n) is 8.05. The van der Waals surface area contributed by atoms with Crippen molar-refractivity contribution in [2.45, 2.75) is 19.4 Å². The highest BCUT2D eigenvalue weighted by atomic mass is 35.5. The summed E-state index contributed by atoms with van der Waals surface area (Å²) in [7, 11) is -3.56. The number of rotatable bonds is 6. The third-order valence-electron chi connectivity index (χ3n) is 5.45. The van der Waals surface area contributed by atoms with Crippen molar-refractivity contribution in [3.8, 4) is 5.75 Å². The number of ether oxygens (including phenoxy) is 1. The molecule has 2 heterocycles. The van der Waals surface area contributed by atoms with Crippen molar-refractivity contribution in [1.82, 2.24) is 4.90 Å². The SMILES string of the molecule is Cc1cc(=O)oc2cc(OC(=O)[C@H](CCS(C)(=O)=O)N3C(=O)c4cc(Cl)c(Cl)cc4C3=O)ccc12. The maximum Gasteiger partial charge on any atom is 0.336 e. The molecule has 4 rings (SSSR count). The second-order valence-corrected chi connectivity index (χ2v) is 11.1. The van der Waals surface area contributed by atoms with E-state index in [1.165, 1.54) is 30.3 Å². The molecule has 182 valence electrons. The van der Waals surface area contributed by atoms with Crippen molar-refractivity contribution < 1.29 is 32.0 Å². The van der Waals surface area contributed by atoms with Gasteiger partial charge in [0.05, 0.1) is 26.9 Å². The molecule has 1 aromatic heterocycles. The molecule has 0 radical (unpaired) electrons. The summed E-state index contributed by atoms with van der Waals surface area (Å²) in [5.74, 6) is -3.23. The number of amides is 2.